The predicted octanol–water partition coefficient (Wildman–Crippen LogP) is 4.89. The Kier molecular flexibility index (Phi) is 7.63. The number of hydrogen-bond acceptors (Lipinski definition) is 5. The van der Waals surface area contributed by atoms with Gasteiger partial charge in [-0.05, 0) is 50.6 Å². The van der Waals surface area contributed by atoms with Gasteiger partial charge in [0, 0.05) is 5.02 Å². The Hall–Kier alpha value is -1.21. The van der Waals surface area contributed by atoms with Crippen molar-refractivity contribution in [3.8, 4) is 0 Å². The van der Waals surface area contributed by atoms with Crippen LogP contribution >= 0.6 is 19.2 Å². The Balaban J connectivity index is 2.50. The second-order valence-corrected chi connectivity index (χ2v) is 10.0. The highest BCUT2D eigenvalue weighted by Crippen LogP contribution is 2.60. The van der Waals surface area contributed by atoms with Crippen LogP contribution in [0, 0.1) is 6.92 Å². The summed E-state index contributed by atoms with van der Waals surface area (Å²) in [5.41, 5.74) is 1.36. The summed E-state index contributed by atoms with van der Waals surface area (Å²) in [6, 6.07) is 12.7. The molecule has 0 heterocycles. The maximum absolute atomic E-state index is 13.4. The summed E-state index contributed by atoms with van der Waals surface area (Å²) >= 11 is 5.93. The zero-order valence-corrected chi connectivity index (χ0v) is 17.9. The van der Waals surface area contributed by atoms with Gasteiger partial charge >= 0.3 is 7.60 Å². The molecule has 1 unspecified atom stereocenters. The Morgan fingerprint density at radius 1 is 1.00 bits per heavy atom. The fraction of sp³-hybridized carbons (Fsp3) is 0.333. The molecule has 0 aromatic heterocycles. The fourth-order valence-corrected chi connectivity index (χ4v) is 6.19. The van der Waals surface area contributed by atoms with Gasteiger partial charge in [-0.1, -0.05) is 41.4 Å². The summed E-state index contributed by atoms with van der Waals surface area (Å²) in [5.74, 6) is -1.21. The van der Waals surface area contributed by atoms with Gasteiger partial charge in [-0.25, -0.2) is 8.42 Å². The van der Waals surface area contributed by atoms with E-state index in [2.05, 4.69) is 4.72 Å². The molecule has 0 radical (unpaired) electrons. The predicted molar refractivity (Wildman–Crippen MR) is 107 cm³/mol. The zero-order valence-electron chi connectivity index (χ0n) is 15.4. The van der Waals surface area contributed by atoms with Gasteiger partial charge in [-0.3, -0.25) is 4.57 Å². The minimum atomic E-state index is -3.97. The first-order chi connectivity index (χ1) is 12.7. The van der Waals surface area contributed by atoms with E-state index in [9.17, 15) is 13.0 Å². The number of aryl methyl sites for hydroxylation is 1. The summed E-state index contributed by atoms with van der Waals surface area (Å²) in [7, 11) is -7.80. The van der Waals surface area contributed by atoms with E-state index in [1.54, 1.807) is 50.2 Å². The van der Waals surface area contributed by atoms with Crippen LogP contribution < -0.4 is 4.72 Å². The lowest BCUT2D eigenvalue weighted by Crippen LogP contribution is -2.30. The Labute approximate surface area is 165 Å². The molecule has 1 N–H and O–H groups in total. The molecule has 0 aliphatic carbocycles. The van der Waals surface area contributed by atoms with Crippen LogP contribution in [0.5, 0.6) is 0 Å². The Morgan fingerprint density at radius 3 is 2.00 bits per heavy atom. The van der Waals surface area contributed by atoms with Crippen molar-refractivity contribution in [2.45, 2.75) is 31.4 Å². The van der Waals surface area contributed by atoms with E-state index in [1.165, 1.54) is 12.1 Å². The third-order valence-corrected chi connectivity index (χ3v) is 7.88. The third kappa shape index (κ3) is 5.64. The van der Waals surface area contributed by atoms with Gasteiger partial charge in [0.25, 0.3) is 0 Å². The molecule has 6 nitrogen and oxygen atoms in total. The molecule has 1 atom stereocenters. The van der Waals surface area contributed by atoms with Crippen molar-refractivity contribution in [3.05, 3.63) is 64.7 Å². The molecule has 148 valence electrons. The lowest BCUT2D eigenvalue weighted by atomic mass is 10.2. The molecular formula is C18H23ClNO5PS. The maximum atomic E-state index is 13.4. The van der Waals surface area contributed by atoms with Crippen LogP contribution in [0.1, 0.15) is 30.8 Å². The van der Waals surface area contributed by atoms with E-state index in [4.69, 9.17) is 20.6 Å². The van der Waals surface area contributed by atoms with Gasteiger partial charge in [0.05, 0.1) is 18.1 Å². The summed E-state index contributed by atoms with van der Waals surface area (Å²) in [6.07, 6.45) is 0. The van der Waals surface area contributed by atoms with Crippen molar-refractivity contribution >= 4 is 29.2 Å². The van der Waals surface area contributed by atoms with Crippen molar-refractivity contribution in [2.24, 2.45) is 0 Å². The van der Waals surface area contributed by atoms with Crippen molar-refractivity contribution in [3.63, 3.8) is 0 Å². The van der Waals surface area contributed by atoms with Gasteiger partial charge in [0.1, 0.15) is 5.78 Å². The largest absolute Gasteiger partial charge is 0.352 e. The van der Waals surface area contributed by atoms with Crippen LogP contribution in [0.2, 0.25) is 5.02 Å². The highest BCUT2D eigenvalue weighted by Gasteiger charge is 2.40. The lowest BCUT2D eigenvalue weighted by molar-refractivity contribution is 0.210. The maximum Gasteiger partial charge on any atom is 0.352 e. The Bertz CT molecular complexity index is 890. The van der Waals surface area contributed by atoms with Crippen LogP contribution in [0.3, 0.4) is 0 Å². The van der Waals surface area contributed by atoms with E-state index in [0.717, 1.165) is 5.56 Å². The number of hydrogen-bond donors (Lipinski definition) is 1. The van der Waals surface area contributed by atoms with E-state index < -0.39 is 23.4 Å². The average molecular weight is 432 g/mol. The molecule has 0 fully saturated rings. The van der Waals surface area contributed by atoms with Crippen LogP contribution in [-0.2, 0) is 23.6 Å². The fourth-order valence-electron chi connectivity index (χ4n) is 2.44. The van der Waals surface area contributed by atoms with E-state index in [1.807, 2.05) is 6.92 Å². The SMILES string of the molecule is CCOP(=O)(OCC)C(NS(=O)(=O)c1ccc(C)cc1)c1ccc(Cl)cc1. The van der Waals surface area contributed by atoms with Gasteiger partial charge in [-0.15, -0.1) is 0 Å². The van der Waals surface area contributed by atoms with Crippen molar-refractivity contribution in [2.75, 3.05) is 13.2 Å². The first-order valence-corrected chi connectivity index (χ1v) is 11.9. The Morgan fingerprint density at radius 2 is 1.52 bits per heavy atom. The van der Waals surface area contributed by atoms with E-state index in [0.29, 0.717) is 10.6 Å². The molecule has 2 rings (SSSR count). The molecule has 0 spiro atoms. The molecule has 0 saturated carbocycles. The van der Waals surface area contributed by atoms with Crippen molar-refractivity contribution in [1.82, 2.24) is 4.72 Å². The molecule has 0 amide bonds. The lowest BCUT2D eigenvalue weighted by Gasteiger charge is -2.27. The highest BCUT2D eigenvalue weighted by atomic mass is 35.5. The number of sulfonamides is 1. The smallest absolute Gasteiger partial charge is 0.308 e. The molecule has 0 aliphatic rings. The third-order valence-electron chi connectivity index (χ3n) is 3.72. The topological polar surface area (TPSA) is 81.7 Å². The van der Waals surface area contributed by atoms with Gasteiger partial charge in [0.2, 0.25) is 10.0 Å². The number of nitrogens with one attached hydrogen (secondary N) is 1. The van der Waals surface area contributed by atoms with Crippen LogP contribution in [0.25, 0.3) is 0 Å². The normalized spacial score (nSPS) is 13.5. The molecule has 2 aromatic carbocycles. The first kappa shape index (κ1) is 22.1. The van der Waals surface area contributed by atoms with Crippen LogP contribution in [0.4, 0.5) is 0 Å². The summed E-state index contributed by atoms with van der Waals surface area (Å²) < 4.78 is 52.4. The number of halogens is 1. The van der Waals surface area contributed by atoms with Crippen LogP contribution in [0.15, 0.2) is 53.4 Å². The molecule has 9 heteroatoms. The quantitative estimate of drug-likeness (QED) is 0.571. The summed E-state index contributed by atoms with van der Waals surface area (Å²) in [4.78, 5) is 0.0617. The van der Waals surface area contributed by atoms with Gasteiger partial charge in [0.15, 0.2) is 0 Å². The molecular weight excluding hydrogens is 409 g/mol. The highest BCUT2D eigenvalue weighted by molar-refractivity contribution is 7.89. The van der Waals surface area contributed by atoms with E-state index >= 15 is 0 Å². The monoisotopic (exact) mass is 431 g/mol. The van der Waals surface area contributed by atoms with Crippen LogP contribution in [-0.4, -0.2) is 21.6 Å². The van der Waals surface area contributed by atoms with Gasteiger partial charge in [-0.2, -0.15) is 4.72 Å². The molecule has 0 bridgehead atoms. The molecule has 0 aliphatic heterocycles. The second-order valence-electron chi connectivity index (χ2n) is 5.76. The van der Waals surface area contributed by atoms with Crippen molar-refractivity contribution < 1.29 is 22.0 Å². The average Bonchev–Trinajstić information content (AvgIpc) is 2.61. The second kappa shape index (κ2) is 9.32. The molecule has 0 saturated heterocycles. The number of benzene rings is 2. The van der Waals surface area contributed by atoms with Gasteiger partial charge < -0.3 is 9.05 Å². The minimum absolute atomic E-state index is 0.0617. The standard InChI is InChI=1S/C18H23ClNO5PS/c1-4-24-26(21,25-5-2)18(15-8-10-16(19)11-9-15)20-27(22,23)17-12-6-14(3)7-13-17/h6-13,18,20H,4-5H2,1-3H3. The summed E-state index contributed by atoms with van der Waals surface area (Å²) in [6.45, 7) is 5.40. The minimum Gasteiger partial charge on any atom is -0.308 e. The van der Waals surface area contributed by atoms with Crippen molar-refractivity contribution in [1.29, 1.82) is 0 Å². The number of rotatable bonds is 9. The first-order valence-electron chi connectivity index (χ1n) is 8.45. The van der Waals surface area contributed by atoms with E-state index in [-0.39, 0.29) is 18.1 Å². The summed E-state index contributed by atoms with van der Waals surface area (Å²) in [5, 5.41) is 0.474. The molecule has 2 aromatic rings. The molecule has 27 heavy (non-hydrogen) atoms. The zero-order chi connectivity index (χ0) is 20.1.